The summed E-state index contributed by atoms with van der Waals surface area (Å²) in [5.74, 6) is -2.41. The maximum atomic E-state index is 13.0. The van der Waals surface area contributed by atoms with Crippen LogP contribution in [-0.4, -0.2) is 67.9 Å². The van der Waals surface area contributed by atoms with Crippen molar-refractivity contribution >= 4 is 52.0 Å². The molecule has 2 aliphatic heterocycles. The molecule has 2 aliphatic rings. The zero-order valence-corrected chi connectivity index (χ0v) is 19.6. The zero-order chi connectivity index (χ0) is 25.4. The maximum Gasteiger partial charge on any atom is 0.352 e. The number of fused-ring (bicyclic) bond motifs is 2. The van der Waals surface area contributed by atoms with Crippen molar-refractivity contribution in [2.75, 3.05) is 18.6 Å². The summed E-state index contributed by atoms with van der Waals surface area (Å²) in [4.78, 5) is 47.6. The second-order valence-electron chi connectivity index (χ2n) is 7.94. The number of nitrogens with zero attached hydrogens (tertiary/aromatic N) is 5. The number of benzene rings is 1. The lowest BCUT2D eigenvalue weighted by Crippen LogP contribution is -2.71. The van der Waals surface area contributed by atoms with E-state index < -0.39 is 29.2 Å². The van der Waals surface area contributed by atoms with Gasteiger partial charge in [0.1, 0.15) is 24.2 Å². The van der Waals surface area contributed by atoms with Gasteiger partial charge in [-0.25, -0.2) is 9.36 Å². The predicted molar refractivity (Wildman–Crippen MR) is 126 cm³/mol. The van der Waals surface area contributed by atoms with Crippen LogP contribution in [0.5, 0.6) is 0 Å². The molecule has 14 heteroatoms. The molecule has 0 spiro atoms. The van der Waals surface area contributed by atoms with Gasteiger partial charge in [-0.1, -0.05) is 28.5 Å². The normalized spacial score (nSPS) is 19.6. The minimum absolute atomic E-state index is 0.0772. The van der Waals surface area contributed by atoms with Crippen LogP contribution in [0.4, 0.5) is 6.01 Å². The fraction of sp³-hybridized carbons (Fsp3) is 0.227. The number of oxime groups is 1. The Morgan fingerprint density at radius 3 is 2.83 bits per heavy atom. The molecule has 4 heterocycles. The highest BCUT2D eigenvalue weighted by atomic mass is 32.2. The number of anilines is 1. The Bertz CT molecular complexity index is 1450. The molecule has 2 amide bonds. The third-order valence-electron chi connectivity index (χ3n) is 5.71. The SMILES string of the molecule is CO/N=C(\C(=O)NC1C(=O)N2C(C(=O)O)=C(C[n+]3ccc4ccccc4c3)CS[C@H]12)c1noc(N)n1. The highest BCUT2D eigenvalue weighted by molar-refractivity contribution is 8.00. The van der Waals surface area contributed by atoms with Gasteiger partial charge < -0.3 is 25.5 Å². The number of nitrogen functional groups attached to an aromatic ring is 1. The lowest BCUT2D eigenvalue weighted by Gasteiger charge is -2.49. The molecule has 0 saturated carbocycles. The molecule has 0 radical (unpaired) electrons. The summed E-state index contributed by atoms with van der Waals surface area (Å²) in [6.07, 6.45) is 3.80. The van der Waals surface area contributed by atoms with Crippen molar-refractivity contribution in [1.82, 2.24) is 20.4 Å². The Kier molecular flexibility index (Phi) is 6.01. The predicted octanol–water partition coefficient (Wildman–Crippen LogP) is -0.118. The van der Waals surface area contributed by atoms with Crippen LogP contribution in [0.15, 0.2) is 63.7 Å². The molecule has 13 nitrogen and oxygen atoms in total. The molecule has 4 N–H and O–H groups in total. The van der Waals surface area contributed by atoms with Crippen LogP contribution in [0.1, 0.15) is 5.82 Å². The van der Waals surface area contributed by atoms with Crippen LogP contribution >= 0.6 is 11.8 Å². The number of rotatable bonds is 7. The van der Waals surface area contributed by atoms with Crippen molar-refractivity contribution < 1.29 is 33.4 Å². The minimum Gasteiger partial charge on any atom is -0.477 e. The molecular formula is C22H20N7O6S+. The quantitative estimate of drug-likeness (QED) is 0.168. The topological polar surface area (TPSA) is 177 Å². The molecule has 3 aromatic rings. The number of hydrogen-bond acceptors (Lipinski definition) is 10. The fourth-order valence-corrected chi connectivity index (χ4v) is 5.45. The van der Waals surface area contributed by atoms with Gasteiger partial charge in [-0.2, -0.15) is 4.98 Å². The average molecular weight is 511 g/mol. The zero-order valence-electron chi connectivity index (χ0n) is 18.8. The first kappa shape index (κ1) is 23.3. The van der Waals surface area contributed by atoms with Crippen molar-refractivity contribution in [2.45, 2.75) is 18.0 Å². The number of pyridine rings is 1. The van der Waals surface area contributed by atoms with E-state index in [1.54, 1.807) is 0 Å². The van der Waals surface area contributed by atoms with Gasteiger partial charge in [0.2, 0.25) is 11.5 Å². The van der Waals surface area contributed by atoms with Gasteiger partial charge in [-0.3, -0.25) is 14.5 Å². The van der Waals surface area contributed by atoms with Gasteiger partial charge in [0, 0.05) is 22.8 Å². The van der Waals surface area contributed by atoms with Gasteiger partial charge in [0.15, 0.2) is 18.9 Å². The van der Waals surface area contributed by atoms with Crippen LogP contribution in [0.3, 0.4) is 0 Å². The van der Waals surface area contributed by atoms with Gasteiger partial charge in [-0.05, 0) is 11.5 Å². The first-order valence-corrected chi connectivity index (χ1v) is 11.7. The number of β-lactam (4-membered cyclic amide) rings is 1. The standard InChI is InChI=1S/C22H19N7O6S/c1-34-26-14(17-25-22(23)35-27-17)18(30)24-15-19(31)29-16(21(32)33)13(10-36-20(15)29)9-28-7-6-11-4-2-3-5-12(11)8-28/h2-8,15,20H,9-10H2,1H3,(H3-,23,24,25,27,30,32,33)/p+1/b26-14-/t15?,20-/m1/s1. The number of carbonyl (C=O) groups excluding carboxylic acids is 2. The molecule has 36 heavy (non-hydrogen) atoms. The highest BCUT2D eigenvalue weighted by Gasteiger charge is 2.55. The molecule has 1 aromatic carbocycles. The van der Waals surface area contributed by atoms with Crippen molar-refractivity contribution in [3.8, 4) is 0 Å². The number of hydrogen-bond donors (Lipinski definition) is 3. The smallest absolute Gasteiger partial charge is 0.352 e. The van der Waals surface area contributed by atoms with Gasteiger partial charge in [0.25, 0.3) is 11.8 Å². The average Bonchev–Trinajstić information content (AvgIpc) is 3.30. The maximum absolute atomic E-state index is 13.0. The minimum atomic E-state index is -1.21. The van der Waals surface area contributed by atoms with Crippen molar-refractivity contribution in [3.63, 3.8) is 0 Å². The number of aromatic nitrogens is 3. The van der Waals surface area contributed by atoms with E-state index in [2.05, 4.69) is 30.0 Å². The summed E-state index contributed by atoms with van der Waals surface area (Å²) < 4.78 is 6.55. The summed E-state index contributed by atoms with van der Waals surface area (Å²) >= 11 is 1.36. The van der Waals surface area contributed by atoms with E-state index >= 15 is 0 Å². The molecule has 0 bridgehead atoms. The number of carboxylic acid groups (broad SMARTS) is 1. The van der Waals surface area contributed by atoms with Crippen molar-refractivity contribution in [1.29, 1.82) is 0 Å². The molecule has 1 saturated heterocycles. The Morgan fingerprint density at radius 2 is 2.14 bits per heavy atom. The number of amides is 2. The molecule has 184 valence electrons. The van der Waals surface area contributed by atoms with Crippen molar-refractivity contribution in [3.05, 3.63) is 59.8 Å². The molecule has 1 unspecified atom stereocenters. The van der Waals surface area contributed by atoms with Crippen LogP contribution < -0.4 is 15.6 Å². The number of thioether (sulfide) groups is 1. The fourth-order valence-electron chi connectivity index (χ4n) is 4.12. The van der Waals surface area contributed by atoms with Crippen LogP contribution in [0.2, 0.25) is 0 Å². The van der Waals surface area contributed by atoms with E-state index in [-0.39, 0.29) is 23.2 Å². The first-order valence-electron chi connectivity index (χ1n) is 10.7. The Balaban J connectivity index is 1.36. The highest BCUT2D eigenvalue weighted by Crippen LogP contribution is 2.40. The van der Waals surface area contributed by atoms with E-state index in [1.165, 1.54) is 23.8 Å². The number of aliphatic carboxylic acids is 1. The number of nitrogens with two attached hydrogens (primary N) is 1. The molecule has 0 aliphatic carbocycles. The monoisotopic (exact) mass is 510 g/mol. The molecule has 5 rings (SSSR count). The summed E-state index contributed by atoms with van der Waals surface area (Å²) in [6.45, 7) is 0.302. The number of carboxylic acids is 1. The van der Waals surface area contributed by atoms with Gasteiger partial charge in [-0.15, -0.1) is 11.8 Å². The molecule has 2 aromatic heterocycles. The lowest BCUT2D eigenvalue weighted by molar-refractivity contribution is -0.687. The Hall–Kier alpha value is -4.46. The second-order valence-corrected chi connectivity index (χ2v) is 9.05. The third kappa shape index (κ3) is 4.11. The molecule has 1 fully saturated rings. The van der Waals surface area contributed by atoms with Crippen molar-refractivity contribution in [2.24, 2.45) is 5.16 Å². The van der Waals surface area contributed by atoms with E-state index in [9.17, 15) is 19.5 Å². The first-order chi connectivity index (χ1) is 17.4. The van der Waals surface area contributed by atoms with E-state index in [4.69, 9.17) is 5.73 Å². The summed E-state index contributed by atoms with van der Waals surface area (Å²) in [5, 5.41) is 21.1. The Labute approximate surface area is 207 Å². The summed E-state index contributed by atoms with van der Waals surface area (Å²) in [6, 6.07) is 8.54. The second kappa shape index (κ2) is 9.30. The van der Waals surface area contributed by atoms with E-state index in [0.717, 1.165) is 10.8 Å². The third-order valence-corrected chi connectivity index (χ3v) is 7.05. The summed E-state index contributed by atoms with van der Waals surface area (Å²) in [7, 11) is 1.23. The summed E-state index contributed by atoms with van der Waals surface area (Å²) in [5.41, 5.74) is 5.58. The van der Waals surface area contributed by atoms with Crippen LogP contribution in [-0.2, 0) is 25.8 Å². The molecular weight excluding hydrogens is 490 g/mol. The number of nitrogens with one attached hydrogen (secondary N) is 1. The lowest BCUT2D eigenvalue weighted by atomic mass is 10.0. The van der Waals surface area contributed by atoms with Crippen LogP contribution in [0.25, 0.3) is 10.8 Å². The number of carbonyl (C=O) groups is 3. The Morgan fingerprint density at radius 1 is 1.36 bits per heavy atom. The largest absolute Gasteiger partial charge is 0.477 e. The van der Waals surface area contributed by atoms with Gasteiger partial charge in [0.05, 0.1) is 0 Å². The van der Waals surface area contributed by atoms with E-state index in [0.29, 0.717) is 17.9 Å². The van der Waals surface area contributed by atoms with Crippen LogP contribution in [0, 0.1) is 0 Å². The molecule has 2 atom stereocenters. The van der Waals surface area contributed by atoms with E-state index in [1.807, 2.05) is 47.3 Å². The van der Waals surface area contributed by atoms with Gasteiger partial charge >= 0.3 is 12.0 Å².